The van der Waals surface area contributed by atoms with Crippen LogP contribution in [0.3, 0.4) is 0 Å². The van der Waals surface area contributed by atoms with Gasteiger partial charge in [-0.25, -0.2) is 14.6 Å². The Hall–Kier alpha value is -2.78. The quantitative estimate of drug-likeness (QED) is 0.569. The minimum Gasteiger partial charge on any atom is -0.483 e. The number of hydrogen-bond donors (Lipinski definition) is 4. The summed E-state index contributed by atoms with van der Waals surface area (Å²) in [4.78, 5) is 40.3. The van der Waals surface area contributed by atoms with Crippen LogP contribution in [0.1, 0.15) is 18.5 Å². The predicted octanol–water partition coefficient (Wildman–Crippen LogP) is -0.0630. The first-order valence-electron chi connectivity index (χ1n) is 7.63. The van der Waals surface area contributed by atoms with Crippen molar-refractivity contribution in [2.75, 3.05) is 26.2 Å². The van der Waals surface area contributed by atoms with E-state index in [0.29, 0.717) is 39.0 Å². The smallest absolute Gasteiger partial charge is 0.407 e. The summed E-state index contributed by atoms with van der Waals surface area (Å²) in [6.45, 7) is 2.07. The van der Waals surface area contributed by atoms with Crippen molar-refractivity contribution >= 4 is 18.6 Å². The maximum Gasteiger partial charge on any atom is 0.407 e. The molecule has 1 aromatic heterocycles. The topological polar surface area (TPSA) is 137 Å². The zero-order valence-corrected chi connectivity index (χ0v) is 13.2. The van der Waals surface area contributed by atoms with Crippen molar-refractivity contribution in [3.05, 3.63) is 18.2 Å². The number of nitrogens with zero attached hydrogens (tertiary/aromatic N) is 2. The Balaban J connectivity index is 0.000000647. The van der Waals surface area contributed by atoms with E-state index in [1.807, 2.05) is 0 Å². The zero-order valence-electron chi connectivity index (χ0n) is 13.2. The summed E-state index contributed by atoms with van der Waals surface area (Å²) in [6, 6.07) is -0.0679. The second kappa shape index (κ2) is 8.18. The molecule has 132 valence electrons. The van der Waals surface area contributed by atoms with Gasteiger partial charge in [-0.3, -0.25) is 4.79 Å². The second-order valence-electron chi connectivity index (χ2n) is 5.58. The summed E-state index contributed by atoms with van der Waals surface area (Å²) in [6.07, 6.45) is 5.11. The highest BCUT2D eigenvalue weighted by molar-refractivity contribution is 5.74. The van der Waals surface area contributed by atoms with Gasteiger partial charge < -0.3 is 30.4 Å². The molecule has 0 aromatic carbocycles. The summed E-state index contributed by atoms with van der Waals surface area (Å²) >= 11 is 0. The largest absolute Gasteiger partial charge is 0.483 e. The molecule has 0 saturated carbocycles. The highest BCUT2D eigenvalue weighted by Crippen LogP contribution is 2.29. The molecular weight excluding hydrogens is 318 g/mol. The number of imidazole rings is 1. The van der Waals surface area contributed by atoms with Gasteiger partial charge in [0.25, 0.3) is 6.47 Å². The summed E-state index contributed by atoms with van der Waals surface area (Å²) < 4.78 is 5.33. The molecule has 2 aliphatic heterocycles. The van der Waals surface area contributed by atoms with E-state index in [1.54, 1.807) is 17.4 Å². The lowest BCUT2D eigenvalue weighted by Crippen LogP contribution is -2.51. The lowest BCUT2D eigenvalue weighted by atomic mass is 9.92. The predicted molar refractivity (Wildman–Crippen MR) is 82.4 cm³/mol. The Kier molecular flexibility index (Phi) is 5.99. The number of piperidine rings is 1. The number of carbonyl (C=O) groups excluding carboxylic acids is 2. The molecular formula is C14H21N5O5. The van der Waals surface area contributed by atoms with Crippen LogP contribution in [0, 0.1) is 0 Å². The summed E-state index contributed by atoms with van der Waals surface area (Å²) in [5.41, 5.74) is 0.584. The average molecular weight is 339 g/mol. The van der Waals surface area contributed by atoms with E-state index in [0.717, 1.165) is 12.1 Å². The summed E-state index contributed by atoms with van der Waals surface area (Å²) in [5.74, 6) is 0. The molecule has 0 aliphatic carbocycles. The molecule has 3 heterocycles. The number of nitrogens with one attached hydrogen (secondary N) is 3. The number of aromatic nitrogens is 2. The monoisotopic (exact) mass is 339 g/mol. The second-order valence-corrected chi connectivity index (χ2v) is 5.58. The van der Waals surface area contributed by atoms with Gasteiger partial charge in [-0.1, -0.05) is 0 Å². The fraction of sp³-hybridized carbons (Fsp3) is 0.571. The lowest BCUT2D eigenvalue weighted by Gasteiger charge is -2.37. The van der Waals surface area contributed by atoms with Crippen molar-refractivity contribution in [1.82, 2.24) is 25.5 Å². The van der Waals surface area contributed by atoms with Gasteiger partial charge in [0.2, 0.25) is 0 Å². The van der Waals surface area contributed by atoms with Gasteiger partial charge in [0, 0.05) is 50.8 Å². The number of H-pyrrole nitrogens is 1. The molecule has 0 atom stereocenters. The standard InChI is InChI=1S/C13H19N5O3.CH2O2/c19-11(15-4-1-10-7-14-9-17-10)18-5-2-13(3-6-18)8-16-12(20)21-13;2-1-3/h7,9H,1-6,8H2,(H,14,17)(H,15,19)(H,16,20);1H,(H,2,3). The Bertz CT molecular complexity index is 554. The maximum absolute atomic E-state index is 12.1. The number of likely N-dealkylation sites (tertiary alicyclic amines) is 1. The van der Waals surface area contributed by atoms with E-state index in [1.165, 1.54) is 0 Å². The van der Waals surface area contributed by atoms with Gasteiger partial charge in [-0.05, 0) is 0 Å². The zero-order chi connectivity index (χ0) is 17.4. The van der Waals surface area contributed by atoms with Gasteiger partial charge in [0.1, 0.15) is 5.60 Å². The van der Waals surface area contributed by atoms with E-state index < -0.39 is 5.60 Å². The fourth-order valence-electron chi connectivity index (χ4n) is 2.74. The Morgan fingerprint density at radius 1 is 1.50 bits per heavy atom. The van der Waals surface area contributed by atoms with Gasteiger partial charge in [0.15, 0.2) is 0 Å². The number of alkyl carbamates (subject to hydrolysis) is 1. The van der Waals surface area contributed by atoms with Crippen molar-refractivity contribution in [3.8, 4) is 0 Å². The molecule has 2 aliphatic rings. The van der Waals surface area contributed by atoms with Crippen LogP contribution in [-0.2, 0) is 16.0 Å². The third kappa shape index (κ3) is 4.61. The van der Waals surface area contributed by atoms with E-state index in [-0.39, 0.29) is 18.6 Å². The minimum atomic E-state index is -0.413. The van der Waals surface area contributed by atoms with E-state index in [4.69, 9.17) is 14.6 Å². The Morgan fingerprint density at radius 2 is 2.21 bits per heavy atom. The number of ether oxygens (including phenoxy) is 1. The molecule has 0 radical (unpaired) electrons. The fourth-order valence-corrected chi connectivity index (χ4v) is 2.74. The van der Waals surface area contributed by atoms with Crippen LogP contribution in [0.4, 0.5) is 9.59 Å². The van der Waals surface area contributed by atoms with Gasteiger partial charge in [-0.2, -0.15) is 0 Å². The van der Waals surface area contributed by atoms with E-state index in [9.17, 15) is 9.59 Å². The Morgan fingerprint density at radius 3 is 2.75 bits per heavy atom. The van der Waals surface area contributed by atoms with E-state index in [2.05, 4.69) is 20.6 Å². The number of carbonyl (C=O) groups is 3. The molecule has 0 bridgehead atoms. The molecule has 3 rings (SSSR count). The highest BCUT2D eigenvalue weighted by atomic mass is 16.6. The van der Waals surface area contributed by atoms with Crippen molar-refractivity contribution in [1.29, 1.82) is 0 Å². The van der Waals surface area contributed by atoms with Crippen LogP contribution >= 0.6 is 0 Å². The van der Waals surface area contributed by atoms with Gasteiger partial charge in [-0.15, -0.1) is 0 Å². The van der Waals surface area contributed by atoms with Crippen LogP contribution in [0.5, 0.6) is 0 Å². The molecule has 1 spiro atoms. The molecule has 10 heteroatoms. The number of rotatable bonds is 3. The molecule has 1 aromatic rings. The lowest BCUT2D eigenvalue weighted by molar-refractivity contribution is -0.122. The van der Waals surface area contributed by atoms with Crippen LogP contribution < -0.4 is 10.6 Å². The highest BCUT2D eigenvalue weighted by Gasteiger charge is 2.43. The molecule has 4 N–H and O–H groups in total. The average Bonchev–Trinajstić information content (AvgIpc) is 3.19. The van der Waals surface area contributed by atoms with E-state index >= 15 is 0 Å². The number of amides is 3. The van der Waals surface area contributed by atoms with Crippen LogP contribution in [0.25, 0.3) is 0 Å². The molecule has 0 unspecified atom stereocenters. The number of urea groups is 1. The summed E-state index contributed by atoms with van der Waals surface area (Å²) in [5, 5.41) is 12.5. The Labute approximate surface area is 138 Å². The molecule has 3 amide bonds. The van der Waals surface area contributed by atoms with Crippen molar-refractivity contribution in [2.24, 2.45) is 0 Å². The van der Waals surface area contributed by atoms with Crippen LogP contribution in [-0.4, -0.2) is 70.4 Å². The van der Waals surface area contributed by atoms with Crippen molar-refractivity contribution < 1.29 is 24.2 Å². The normalized spacial score (nSPS) is 18.2. The number of carboxylic acid groups (broad SMARTS) is 1. The van der Waals surface area contributed by atoms with Crippen LogP contribution in [0.2, 0.25) is 0 Å². The SMILES string of the molecule is O=C1NCC2(CCN(C(=O)NCCc3cnc[nH]3)CC2)O1.O=CO. The molecule has 2 saturated heterocycles. The van der Waals surface area contributed by atoms with Crippen molar-refractivity contribution in [2.45, 2.75) is 24.9 Å². The third-order valence-corrected chi connectivity index (χ3v) is 4.05. The minimum absolute atomic E-state index is 0.0679. The van der Waals surface area contributed by atoms with Gasteiger partial charge in [0.05, 0.1) is 12.9 Å². The maximum atomic E-state index is 12.1. The summed E-state index contributed by atoms with van der Waals surface area (Å²) in [7, 11) is 0. The molecule has 24 heavy (non-hydrogen) atoms. The van der Waals surface area contributed by atoms with Gasteiger partial charge >= 0.3 is 12.1 Å². The molecule has 2 fully saturated rings. The first-order chi connectivity index (χ1) is 11.6. The van der Waals surface area contributed by atoms with Crippen LogP contribution in [0.15, 0.2) is 12.5 Å². The first kappa shape index (κ1) is 17.6. The molecule has 10 nitrogen and oxygen atoms in total. The number of aromatic amines is 1. The third-order valence-electron chi connectivity index (χ3n) is 4.05. The first-order valence-corrected chi connectivity index (χ1v) is 7.63. The number of hydrogen-bond acceptors (Lipinski definition) is 5. The van der Waals surface area contributed by atoms with Crippen molar-refractivity contribution in [3.63, 3.8) is 0 Å².